The monoisotopic (exact) mass is 311 g/mol. The number of hydrogen-bond donors (Lipinski definition) is 4. The highest BCUT2D eigenvalue weighted by Crippen LogP contribution is 1.99. The number of carbonyl (C=O) groups is 3. The quantitative estimate of drug-likeness (QED) is 0.235. The van der Waals surface area contributed by atoms with Gasteiger partial charge in [0.25, 0.3) is 5.91 Å². The first-order valence-electron chi connectivity index (χ1n) is 7.02. The summed E-state index contributed by atoms with van der Waals surface area (Å²) in [5, 5.41) is 31.1. The molecule has 4 N–H and O–H groups in total. The van der Waals surface area contributed by atoms with E-state index in [0.717, 1.165) is 0 Å². The Hall–Kier alpha value is -2.56. The van der Waals surface area contributed by atoms with E-state index < -0.39 is 17.8 Å². The Morgan fingerprint density at radius 3 is 2.18 bits per heavy atom. The minimum atomic E-state index is -0.896. The summed E-state index contributed by atoms with van der Waals surface area (Å²) in [5.41, 5.74) is -0.0825. The fourth-order valence-electron chi connectivity index (χ4n) is 1.54. The number of rotatable bonds is 12. The largest absolute Gasteiger partial charge is 0.481 e. The highest BCUT2D eigenvalue weighted by molar-refractivity contribution is 5.97. The van der Waals surface area contributed by atoms with Crippen LogP contribution in [-0.2, 0) is 14.4 Å². The fourth-order valence-corrected chi connectivity index (χ4v) is 1.54. The number of unbranched alkanes of at least 4 members (excludes halogenated alkanes) is 2. The lowest BCUT2D eigenvalue weighted by atomic mass is 10.2. The Morgan fingerprint density at radius 2 is 1.59 bits per heavy atom. The summed E-state index contributed by atoms with van der Waals surface area (Å²) in [4.78, 5) is 32.3. The van der Waals surface area contributed by atoms with Gasteiger partial charge in [0.15, 0.2) is 0 Å². The highest BCUT2D eigenvalue weighted by atomic mass is 16.4. The van der Waals surface area contributed by atoms with Crippen molar-refractivity contribution < 1.29 is 24.6 Å². The van der Waals surface area contributed by atoms with Crippen LogP contribution in [0.1, 0.15) is 38.5 Å². The van der Waals surface area contributed by atoms with Gasteiger partial charge in [-0.15, -0.1) is 0 Å². The lowest BCUT2D eigenvalue weighted by molar-refractivity contribution is -0.138. The Bertz CT molecular complexity index is 454. The first kappa shape index (κ1) is 19.4. The number of nitriles is 1. The molecule has 0 spiro atoms. The number of hydrogen-bond acceptors (Lipinski definition) is 5. The van der Waals surface area contributed by atoms with Gasteiger partial charge in [-0.25, -0.2) is 0 Å². The minimum absolute atomic E-state index is 0.0191. The molecule has 0 heterocycles. The third-order valence-electron chi connectivity index (χ3n) is 2.68. The second kappa shape index (κ2) is 12.2. The van der Waals surface area contributed by atoms with Crippen molar-refractivity contribution in [1.29, 1.82) is 5.26 Å². The number of nitrogens with zero attached hydrogens (tertiary/aromatic N) is 1. The number of carboxylic acid groups (broad SMARTS) is 2. The van der Waals surface area contributed by atoms with E-state index in [1.54, 1.807) is 6.07 Å². The van der Waals surface area contributed by atoms with Crippen LogP contribution in [0.2, 0.25) is 0 Å². The molecule has 8 nitrogen and oxygen atoms in total. The number of carbonyl (C=O) groups excluding carboxylic acids is 1. The summed E-state index contributed by atoms with van der Waals surface area (Å²) in [6.45, 7) is 0.733. The Morgan fingerprint density at radius 1 is 0.955 bits per heavy atom. The third kappa shape index (κ3) is 11.3. The number of amides is 1. The summed E-state index contributed by atoms with van der Waals surface area (Å²) in [7, 11) is 0. The smallest absolute Gasteiger partial charge is 0.303 e. The van der Waals surface area contributed by atoms with Crippen LogP contribution < -0.4 is 10.6 Å². The average Bonchev–Trinajstić information content (AvgIpc) is 2.45. The lowest BCUT2D eigenvalue weighted by Gasteiger charge is -2.04. The van der Waals surface area contributed by atoms with Crippen molar-refractivity contribution in [2.45, 2.75) is 38.5 Å². The van der Waals surface area contributed by atoms with Crippen LogP contribution in [0.4, 0.5) is 0 Å². The first-order chi connectivity index (χ1) is 10.5. The SMILES string of the molecule is N#C/C(=C/NCCCC(=O)O)C(=O)NCCCCCC(=O)O. The van der Waals surface area contributed by atoms with Gasteiger partial charge in [0, 0.05) is 32.1 Å². The van der Waals surface area contributed by atoms with Gasteiger partial charge in [0.05, 0.1) is 0 Å². The summed E-state index contributed by atoms with van der Waals surface area (Å²) in [6.07, 6.45) is 3.67. The van der Waals surface area contributed by atoms with Crippen LogP contribution >= 0.6 is 0 Å². The van der Waals surface area contributed by atoms with E-state index in [0.29, 0.717) is 38.8 Å². The molecule has 0 aromatic rings. The van der Waals surface area contributed by atoms with Gasteiger partial charge in [0.2, 0.25) is 0 Å². The molecule has 0 aliphatic heterocycles. The standard InChI is InChI=1S/C14H21N3O5/c15-9-11(10-16-7-4-6-13(20)21)14(22)17-8-3-1-2-5-12(18)19/h10,16H,1-8H2,(H,17,22)(H,18,19)(H,20,21)/b11-10-. The Balaban J connectivity index is 3.87. The third-order valence-corrected chi connectivity index (χ3v) is 2.68. The predicted molar refractivity (Wildman–Crippen MR) is 77.7 cm³/mol. The summed E-state index contributed by atoms with van der Waals surface area (Å²) >= 11 is 0. The van der Waals surface area contributed by atoms with Crippen molar-refractivity contribution in [3.8, 4) is 6.07 Å². The molecule has 0 aliphatic carbocycles. The second-order valence-electron chi connectivity index (χ2n) is 4.58. The van der Waals surface area contributed by atoms with Crippen molar-refractivity contribution in [1.82, 2.24) is 10.6 Å². The fraction of sp³-hybridized carbons (Fsp3) is 0.571. The molecule has 0 rings (SSSR count). The van der Waals surface area contributed by atoms with Crippen LogP contribution in [0.25, 0.3) is 0 Å². The number of aliphatic carboxylic acids is 2. The molecule has 0 saturated carbocycles. The normalized spacial score (nSPS) is 10.6. The molecule has 0 atom stereocenters. The minimum Gasteiger partial charge on any atom is -0.481 e. The molecule has 8 heteroatoms. The highest BCUT2D eigenvalue weighted by Gasteiger charge is 2.07. The van der Waals surface area contributed by atoms with Crippen LogP contribution in [-0.4, -0.2) is 41.1 Å². The molecule has 0 aliphatic rings. The molecule has 0 saturated heterocycles. The van der Waals surface area contributed by atoms with Crippen molar-refractivity contribution in [2.24, 2.45) is 0 Å². The van der Waals surface area contributed by atoms with E-state index in [4.69, 9.17) is 15.5 Å². The Labute approximate surface area is 128 Å². The van der Waals surface area contributed by atoms with E-state index in [9.17, 15) is 14.4 Å². The van der Waals surface area contributed by atoms with Crippen LogP contribution in [0.5, 0.6) is 0 Å². The lowest BCUT2D eigenvalue weighted by Crippen LogP contribution is -2.26. The zero-order valence-electron chi connectivity index (χ0n) is 12.3. The van der Waals surface area contributed by atoms with Crippen molar-refractivity contribution >= 4 is 17.8 Å². The molecule has 0 fully saturated rings. The molecule has 0 bridgehead atoms. The Kier molecular flexibility index (Phi) is 10.8. The van der Waals surface area contributed by atoms with E-state index in [2.05, 4.69) is 10.6 Å². The van der Waals surface area contributed by atoms with Crippen molar-refractivity contribution in [3.63, 3.8) is 0 Å². The molecular weight excluding hydrogens is 290 g/mol. The summed E-state index contributed by atoms with van der Waals surface area (Å²) in [6, 6.07) is 1.76. The summed E-state index contributed by atoms with van der Waals surface area (Å²) in [5.74, 6) is -2.24. The number of nitrogens with one attached hydrogen (secondary N) is 2. The van der Waals surface area contributed by atoms with Crippen LogP contribution in [0, 0.1) is 11.3 Å². The van der Waals surface area contributed by atoms with Gasteiger partial charge in [0.1, 0.15) is 11.6 Å². The first-order valence-corrected chi connectivity index (χ1v) is 7.02. The van der Waals surface area contributed by atoms with Gasteiger partial charge in [-0.2, -0.15) is 5.26 Å². The van der Waals surface area contributed by atoms with Gasteiger partial charge < -0.3 is 20.8 Å². The molecule has 22 heavy (non-hydrogen) atoms. The van der Waals surface area contributed by atoms with Gasteiger partial charge in [-0.05, 0) is 19.3 Å². The second-order valence-corrected chi connectivity index (χ2v) is 4.58. The number of carboxylic acids is 2. The molecular formula is C14H21N3O5. The van der Waals surface area contributed by atoms with E-state index in [1.165, 1.54) is 6.20 Å². The van der Waals surface area contributed by atoms with E-state index >= 15 is 0 Å². The van der Waals surface area contributed by atoms with E-state index in [-0.39, 0.29) is 18.4 Å². The molecule has 122 valence electrons. The maximum atomic E-state index is 11.7. The molecule has 0 aromatic heterocycles. The molecule has 0 radical (unpaired) electrons. The maximum absolute atomic E-state index is 11.7. The molecule has 0 aromatic carbocycles. The van der Waals surface area contributed by atoms with Gasteiger partial charge >= 0.3 is 11.9 Å². The summed E-state index contributed by atoms with van der Waals surface area (Å²) < 4.78 is 0. The topological polar surface area (TPSA) is 140 Å². The molecule has 0 unspecified atom stereocenters. The van der Waals surface area contributed by atoms with Crippen LogP contribution in [0.3, 0.4) is 0 Å². The van der Waals surface area contributed by atoms with Gasteiger partial charge in [-0.3, -0.25) is 14.4 Å². The maximum Gasteiger partial charge on any atom is 0.303 e. The zero-order valence-corrected chi connectivity index (χ0v) is 12.3. The van der Waals surface area contributed by atoms with Gasteiger partial charge in [-0.1, -0.05) is 6.42 Å². The zero-order chi connectivity index (χ0) is 16.8. The predicted octanol–water partition coefficient (Wildman–Crippen LogP) is 0.609. The van der Waals surface area contributed by atoms with Crippen molar-refractivity contribution in [3.05, 3.63) is 11.8 Å². The average molecular weight is 311 g/mol. The van der Waals surface area contributed by atoms with Crippen molar-refractivity contribution in [2.75, 3.05) is 13.1 Å². The van der Waals surface area contributed by atoms with E-state index in [1.807, 2.05) is 0 Å². The molecule has 1 amide bonds. The van der Waals surface area contributed by atoms with Crippen LogP contribution in [0.15, 0.2) is 11.8 Å².